The maximum Gasteiger partial charge on any atom is 0.258 e. The van der Waals surface area contributed by atoms with Crippen molar-refractivity contribution in [2.24, 2.45) is 5.92 Å². The zero-order valence-corrected chi connectivity index (χ0v) is 21.9. The van der Waals surface area contributed by atoms with Crippen LogP contribution >= 0.6 is 0 Å². The van der Waals surface area contributed by atoms with Crippen molar-refractivity contribution in [3.8, 4) is 0 Å². The first kappa shape index (κ1) is 25.9. The first-order valence-electron chi connectivity index (χ1n) is 12.5. The van der Waals surface area contributed by atoms with Gasteiger partial charge >= 0.3 is 0 Å². The molecule has 0 saturated heterocycles. The molecule has 0 saturated carbocycles. The lowest BCUT2D eigenvalue weighted by atomic mass is 9.93. The van der Waals surface area contributed by atoms with Crippen LogP contribution in [0.5, 0.6) is 0 Å². The lowest BCUT2D eigenvalue weighted by Gasteiger charge is -2.41. The summed E-state index contributed by atoms with van der Waals surface area (Å²) in [6.07, 6.45) is 11.4. The van der Waals surface area contributed by atoms with Gasteiger partial charge in [-0.2, -0.15) is 0 Å². The Morgan fingerprint density at radius 3 is 2.21 bits per heavy atom. The molecule has 1 N–H and O–H groups in total. The van der Waals surface area contributed by atoms with Crippen LogP contribution in [-0.2, 0) is 9.47 Å². The molecular weight excluding hydrogens is 424 g/mol. The van der Waals surface area contributed by atoms with Gasteiger partial charge in [0.2, 0.25) is 0 Å². The Labute approximate surface area is 202 Å². The SMILES string of the molecule is COCC1C=CC[C@@H](C[C@@H](C)CCCCC(C)(C)[Si](O)(c2ccccc2)c2ccccc2)O1. The van der Waals surface area contributed by atoms with Crippen molar-refractivity contribution in [1.29, 1.82) is 0 Å². The van der Waals surface area contributed by atoms with E-state index in [9.17, 15) is 4.80 Å². The van der Waals surface area contributed by atoms with Gasteiger partial charge in [-0.15, -0.1) is 0 Å². The Balaban J connectivity index is 1.56. The van der Waals surface area contributed by atoms with Crippen molar-refractivity contribution in [1.82, 2.24) is 0 Å². The maximum absolute atomic E-state index is 12.3. The van der Waals surface area contributed by atoms with E-state index in [-0.39, 0.29) is 11.1 Å². The summed E-state index contributed by atoms with van der Waals surface area (Å²) in [6.45, 7) is 7.50. The van der Waals surface area contributed by atoms with Crippen LogP contribution in [0.15, 0.2) is 72.8 Å². The van der Waals surface area contributed by atoms with Crippen LogP contribution in [0.2, 0.25) is 5.04 Å². The molecule has 1 aliphatic rings. The van der Waals surface area contributed by atoms with E-state index in [1.165, 1.54) is 12.8 Å². The van der Waals surface area contributed by atoms with Gasteiger partial charge in [0, 0.05) is 7.11 Å². The average molecular weight is 467 g/mol. The molecule has 0 radical (unpaired) electrons. The topological polar surface area (TPSA) is 38.7 Å². The minimum absolute atomic E-state index is 0.0976. The Morgan fingerprint density at radius 1 is 1.03 bits per heavy atom. The highest BCUT2D eigenvalue weighted by atomic mass is 28.4. The molecule has 0 aromatic heterocycles. The predicted molar refractivity (Wildman–Crippen MR) is 141 cm³/mol. The number of methoxy groups -OCH3 is 1. The van der Waals surface area contributed by atoms with Crippen molar-refractivity contribution >= 4 is 18.7 Å². The summed E-state index contributed by atoms with van der Waals surface area (Å²) in [6, 6.07) is 20.7. The van der Waals surface area contributed by atoms with Gasteiger partial charge in [0.15, 0.2) is 0 Å². The van der Waals surface area contributed by atoms with Crippen molar-refractivity contribution in [3.05, 3.63) is 72.8 Å². The maximum atomic E-state index is 12.3. The van der Waals surface area contributed by atoms with Gasteiger partial charge in [-0.25, -0.2) is 0 Å². The summed E-state index contributed by atoms with van der Waals surface area (Å²) < 4.78 is 11.4. The van der Waals surface area contributed by atoms with E-state index in [0.29, 0.717) is 18.6 Å². The Hall–Kier alpha value is -1.72. The van der Waals surface area contributed by atoms with E-state index >= 15 is 0 Å². The van der Waals surface area contributed by atoms with Gasteiger partial charge in [-0.05, 0) is 40.6 Å². The summed E-state index contributed by atoms with van der Waals surface area (Å²) in [5, 5.41) is 2.04. The number of benzene rings is 2. The van der Waals surface area contributed by atoms with Gasteiger partial charge in [0.25, 0.3) is 8.32 Å². The molecule has 4 heteroatoms. The molecule has 3 nitrogen and oxygen atoms in total. The number of hydrogen-bond acceptors (Lipinski definition) is 3. The van der Waals surface area contributed by atoms with E-state index < -0.39 is 8.32 Å². The summed E-state index contributed by atoms with van der Waals surface area (Å²) in [4.78, 5) is 12.3. The summed E-state index contributed by atoms with van der Waals surface area (Å²) in [5.41, 5.74) is 0. The average Bonchev–Trinajstić information content (AvgIpc) is 2.83. The second-order valence-corrected chi connectivity index (χ2v) is 14.3. The quantitative estimate of drug-likeness (QED) is 0.256. The van der Waals surface area contributed by atoms with Crippen molar-refractivity contribution in [3.63, 3.8) is 0 Å². The normalized spacial score (nSPS) is 20.0. The fourth-order valence-corrected chi connectivity index (χ4v) is 9.04. The molecule has 1 aliphatic heterocycles. The number of unbranched alkanes of at least 4 members (excludes halogenated alkanes) is 1. The number of hydrogen-bond donors (Lipinski definition) is 1. The molecule has 33 heavy (non-hydrogen) atoms. The molecule has 2 aromatic rings. The van der Waals surface area contributed by atoms with Crippen LogP contribution in [0, 0.1) is 5.92 Å². The summed E-state index contributed by atoms with van der Waals surface area (Å²) >= 11 is 0. The minimum atomic E-state index is -2.90. The van der Waals surface area contributed by atoms with Gasteiger partial charge in [-0.1, -0.05) is 113 Å². The fraction of sp³-hybridized carbons (Fsp3) is 0.517. The van der Waals surface area contributed by atoms with Crippen LogP contribution in [-0.4, -0.2) is 39.0 Å². The highest BCUT2D eigenvalue weighted by Crippen LogP contribution is 2.40. The standard InChI is InChI=1S/C29H42O3Si/c1-24(22-25-15-13-16-26(32-25)23-31-4)14-11-12-21-29(2,3)33(30,27-17-7-5-8-18-27)28-19-9-6-10-20-28/h5-10,13,16-20,24-26,30H,11-12,14-15,21-23H2,1-4H3/t24-,25-,26?/m0/s1. The van der Waals surface area contributed by atoms with E-state index in [4.69, 9.17) is 9.47 Å². The van der Waals surface area contributed by atoms with Gasteiger partial charge < -0.3 is 14.3 Å². The van der Waals surface area contributed by atoms with Gasteiger partial charge in [-0.3, -0.25) is 0 Å². The molecule has 1 unspecified atom stereocenters. The lowest BCUT2D eigenvalue weighted by Crippen LogP contribution is -2.65. The van der Waals surface area contributed by atoms with Gasteiger partial charge in [0.1, 0.15) is 0 Å². The van der Waals surface area contributed by atoms with Gasteiger partial charge in [0.05, 0.1) is 18.8 Å². The molecule has 2 aromatic carbocycles. The van der Waals surface area contributed by atoms with E-state index in [0.717, 1.165) is 36.1 Å². The molecular formula is C29H42O3Si. The Morgan fingerprint density at radius 2 is 1.64 bits per heavy atom. The Kier molecular flexibility index (Phi) is 9.51. The number of ether oxygens (including phenoxy) is 2. The Bertz CT molecular complexity index is 810. The first-order chi connectivity index (χ1) is 15.9. The third-order valence-corrected chi connectivity index (χ3v) is 11.8. The summed E-state index contributed by atoms with van der Waals surface area (Å²) in [7, 11) is -1.17. The van der Waals surface area contributed by atoms with E-state index in [1.54, 1.807) is 7.11 Å². The third kappa shape index (κ3) is 6.66. The van der Waals surface area contributed by atoms with Crippen LogP contribution in [0.1, 0.15) is 59.3 Å². The minimum Gasteiger partial charge on any atom is -0.424 e. The smallest absolute Gasteiger partial charge is 0.258 e. The highest BCUT2D eigenvalue weighted by molar-refractivity contribution is 6.98. The molecule has 0 fully saturated rings. The van der Waals surface area contributed by atoms with Crippen LogP contribution in [0.3, 0.4) is 0 Å². The lowest BCUT2D eigenvalue weighted by molar-refractivity contribution is -0.0387. The second-order valence-electron chi connectivity index (χ2n) is 10.3. The van der Waals surface area contributed by atoms with Crippen molar-refractivity contribution in [2.75, 3.05) is 13.7 Å². The van der Waals surface area contributed by atoms with E-state index in [2.05, 4.69) is 57.2 Å². The van der Waals surface area contributed by atoms with Crippen molar-refractivity contribution in [2.45, 2.75) is 76.5 Å². The number of rotatable bonds is 12. The second kappa shape index (κ2) is 12.1. The molecule has 180 valence electrons. The van der Waals surface area contributed by atoms with Crippen LogP contribution in [0.4, 0.5) is 0 Å². The highest BCUT2D eigenvalue weighted by Gasteiger charge is 2.49. The fourth-order valence-electron chi connectivity index (χ4n) is 5.26. The summed E-state index contributed by atoms with van der Waals surface area (Å²) in [5.74, 6) is 0.632. The third-order valence-electron chi connectivity index (χ3n) is 7.22. The van der Waals surface area contributed by atoms with E-state index in [1.807, 2.05) is 36.4 Å². The van der Waals surface area contributed by atoms with Crippen LogP contribution in [0.25, 0.3) is 0 Å². The largest absolute Gasteiger partial charge is 0.424 e. The zero-order chi connectivity index (χ0) is 23.7. The molecule has 0 amide bonds. The molecule has 0 spiro atoms. The van der Waals surface area contributed by atoms with Crippen molar-refractivity contribution < 1.29 is 14.3 Å². The first-order valence-corrected chi connectivity index (χ1v) is 14.5. The molecule has 3 atom stereocenters. The molecule has 0 bridgehead atoms. The monoisotopic (exact) mass is 466 g/mol. The molecule has 1 heterocycles. The zero-order valence-electron chi connectivity index (χ0n) is 20.9. The predicted octanol–water partition coefficient (Wildman–Crippen LogP) is 5.47. The van der Waals surface area contributed by atoms with Crippen LogP contribution < -0.4 is 10.4 Å². The molecule has 3 rings (SSSR count). The molecule has 0 aliphatic carbocycles.